The molecule has 232 valence electrons. The predicted molar refractivity (Wildman–Crippen MR) is 157 cm³/mol. The molecule has 0 amide bonds. The molecule has 0 unspecified atom stereocenters. The summed E-state index contributed by atoms with van der Waals surface area (Å²) in [7, 11) is -11.2. The minimum atomic E-state index is -5.61. The summed E-state index contributed by atoms with van der Waals surface area (Å²) in [6.45, 7) is 3.47. The van der Waals surface area contributed by atoms with Gasteiger partial charge < -0.3 is 48.9 Å². The fourth-order valence-electron chi connectivity index (χ4n) is 4.68. The Labute approximate surface area is 248 Å². The van der Waals surface area contributed by atoms with Gasteiger partial charge in [0.25, 0.3) is 10.3 Å². The number of carbonyl (C=O) groups is 1. The number of rotatable bonds is 8. The normalized spacial score (nSPS) is 14.7. The Balaban J connectivity index is 1.44. The second-order valence-corrected chi connectivity index (χ2v) is 14.2. The number of halogens is 1. The molecule has 0 bridgehead atoms. The Morgan fingerprint density at radius 1 is 1.05 bits per heavy atom. The number of hydrogen-bond donors (Lipinski definition) is 6. The molecule has 1 aliphatic rings. The molecular weight excluding hydrogens is 631 g/mol. The lowest BCUT2D eigenvalue weighted by atomic mass is 10.1. The number of aliphatic hydroxyl groups is 1. The second kappa shape index (κ2) is 12.1. The number of aryl methyl sites for hydroxylation is 1. The van der Waals surface area contributed by atoms with Crippen molar-refractivity contribution < 1.29 is 52.8 Å². The van der Waals surface area contributed by atoms with E-state index >= 15 is 4.39 Å². The SMILES string of the molecule is CCn1cc(C(=O)O)c(=O)c2cc(F)c(N3CCN(C(=S)Oc4ccc(CC(O)(P(=O)(O)O)P(=O)(O)O)cc4)CC3)cc21. The van der Waals surface area contributed by atoms with E-state index in [1.807, 2.05) is 0 Å². The van der Waals surface area contributed by atoms with Crippen LogP contribution >= 0.6 is 27.4 Å². The smallest absolute Gasteiger partial charge is 0.369 e. The molecule has 1 aromatic heterocycles. The minimum absolute atomic E-state index is 0.0196. The molecule has 2 aromatic carbocycles. The number of carboxylic acids is 1. The molecule has 0 saturated carbocycles. The minimum Gasteiger partial charge on any atom is -0.477 e. The Morgan fingerprint density at radius 2 is 1.63 bits per heavy atom. The third-order valence-corrected chi connectivity index (χ3v) is 11.2. The lowest BCUT2D eigenvalue weighted by Crippen LogP contribution is -2.49. The molecule has 4 rings (SSSR count). The molecule has 3 aromatic rings. The zero-order chi connectivity index (χ0) is 31.9. The molecule has 2 heterocycles. The third kappa shape index (κ3) is 6.52. The number of aromatic carboxylic acids is 1. The van der Waals surface area contributed by atoms with Gasteiger partial charge in [0.1, 0.15) is 17.1 Å². The molecule has 1 aliphatic heterocycles. The van der Waals surface area contributed by atoms with Crippen LogP contribution in [0.4, 0.5) is 10.1 Å². The van der Waals surface area contributed by atoms with Crippen LogP contribution in [0.2, 0.25) is 0 Å². The largest absolute Gasteiger partial charge is 0.477 e. The van der Waals surface area contributed by atoms with Gasteiger partial charge >= 0.3 is 21.2 Å². The van der Waals surface area contributed by atoms with Gasteiger partial charge in [-0.3, -0.25) is 13.9 Å². The van der Waals surface area contributed by atoms with Gasteiger partial charge in [0.2, 0.25) is 5.43 Å². The van der Waals surface area contributed by atoms with Crippen molar-refractivity contribution in [1.29, 1.82) is 0 Å². The number of ether oxygens (including phenoxy) is 1. The number of piperazine rings is 1. The van der Waals surface area contributed by atoms with Crippen molar-refractivity contribution in [2.45, 2.75) is 25.0 Å². The molecule has 6 N–H and O–H groups in total. The number of anilines is 1. The van der Waals surface area contributed by atoms with Crippen LogP contribution in [-0.2, 0) is 22.1 Å². The molecular formula is C25H28FN3O11P2S. The number of thiocarbonyl (C=S) groups is 1. The molecule has 1 saturated heterocycles. The first-order valence-electron chi connectivity index (χ1n) is 12.7. The zero-order valence-corrected chi connectivity index (χ0v) is 25.1. The van der Waals surface area contributed by atoms with E-state index < -0.39 is 49.5 Å². The number of pyridine rings is 1. The molecule has 43 heavy (non-hydrogen) atoms. The van der Waals surface area contributed by atoms with Crippen LogP contribution in [0.5, 0.6) is 5.75 Å². The highest BCUT2D eigenvalue weighted by Gasteiger charge is 2.59. The van der Waals surface area contributed by atoms with Crippen molar-refractivity contribution in [3.8, 4) is 5.75 Å². The van der Waals surface area contributed by atoms with Crippen molar-refractivity contribution in [3.63, 3.8) is 0 Å². The highest BCUT2D eigenvalue weighted by Crippen LogP contribution is 2.68. The molecule has 0 atom stereocenters. The maximum atomic E-state index is 15.2. The van der Waals surface area contributed by atoms with E-state index in [0.29, 0.717) is 38.2 Å². The van der Waals surface area contributed by atoms with Gasteiger partial charge in [-0.2, -0.15) is 0 Å². The van der Waals surface area contributed by atoms with Gasteiger partial charge in [-0.05, 0) is 49.0 Å². The van der Waals surface area contributed by atoms with E-state index in [-0.39, 0.29) is 27.6 Å². The van der Waals surface area contributed by atoms with E-state index in [4.69, 9.17) is 17.0 Å². The van der Waals surface area contributed by atoms with Crippen molar-refractivity contribution in [2.24, 2.45) is 0 Å². The highest BCUT2D eigenvalue weighted by atomic mass is 32.1. The standard InChI is InChI=1S/C25H28FN3O11P2S/c1-2-27-14-18(23(31)32)22(30)17-11-19(26)21(12-20(17)27)28-7-9-29(10-8-28)24(43)40-16-5-3-15(4-6-16)13-25(33,41(34,35)36)42(37,38)39/h3-6,11-12,14,33H,2,7-10,13H2,1H3,(H,31,32)(H2,34,35,36)(H2,37,38,39). The summed E-state index contributed by atoms with van der Waals surface area (Å²) in [6.07, 6.45) is 0.221. The topological polar surface area (TPSA) is 210 Å². The summed E-state index contributed by atoms with van der Waals surface area (Å²) in [5.74, 6) is -1.85. The molecule has 0 spiro atoms. The van der Waals surface area contributed by atoms with E-state index in [1.54, 1.807) is 21.3 Å². The molecule has 0 aliphatic carbocycles. The fraction of sp³-hybridized carbons (Fsp3) is 0.320. The number of aromatic nitrogens is 1. The van der Waals surface area contributed by atoms with Crippen molar-refractivity contribution in [2.75, 3.05) is 31.1 Å². The average Bonchev–Trinajstić information content (AvgIpc) is 2.93. The van der Waals surface area contributed by atoms with Crippen LogP contribution in [0.3, 0.4) is 0 Å². The monoisotopic (exact) mass is 659 g/mol. The maximum Gasteiger partial charge on any atom is 0.369 e. The van der Waals surface area contributed by atoms with Gasteiger partial charge in [0, 0.05) is 50.7 Å². The van der Waals surface area contributed by atoms with Crippen LogP contribution in [0.25, 0.3) is 10.9 Å². The van der Waals surface area contributed by atoms with Crippen LogP contribution in [0.1, 0.15) is 22.8 Å². The predicted octanol–water partition coefficient (Wildman–Crippen LogP) is 1.89. The van der Waals surface area contributed by atoms with Crippen molar-refractivity contribution >= 4 is 55.1 Å². The van der Waals surface area contributed by atoms with E-state index in [9.17, 15) is 48.5 Å². The summed E-state index contributed by atoms with van der Waals surface area (Å²) in [4.78, 5) is 64.9. The first-order valence-corrected chi connectivity index (χ1v) is 16.3. The summed E-state index contributed by atoms with van der Waals surface area (Å²) in [5, 5.41) is 15.9. The second-order valence-electron chi connectivity index (χ2n) is 9.81. The number of nitrogens with zero attached hydrogens (tertiary/aromatic N) is 3. The summed E-state index contributed by atoms with van der Waals surface area (Å²) in [6, 6.07) is 7.81. The Bertz CT molecular complexity index is 1710. The first-order chi connectivity index (χ1) is 20.0. The fourth-order valence-corrected chi connectivity index (χ4v) is 7.09. The van der Waals surface area contributed by atoms with Gasteiger partial charge in [0.15, 0.2) is 0 Å². The first kappa shape index (κ1) is 32.7. The number of hydrogen-bond acceptors (Lipinski definition) is 8. The van der Waals surface area contributed by atoms with E-state index in [0.717, 1.165) is 6.07 Å². The Hall–Kier alpha value is -3.20. The number of carboxylic acid groups (broad SMARTS) is 1. The molecule has 18 heteroatoms. The zero-order valence-electron chi connectivity index (χ0n) is 22.5. The maximum absolute atomic E-state index is 15.2. The van der Waals surface area contributed by atoms with Gasteiger partial charge in [-0.15, -0.1) is 0 Å². The number of benzene rings is 2. The van der Waals surface area contributed by atoms with Crippen molar-refractivity contribution in [3.05, 3.63) is 69.8 Å². The summed E-state index contributed by atoms with van der Waals surface area (Å²) < 4.78 is 45.6. The van der Waals surface area contributed by atoms with Crippen LogP contribution in [0, 0.1) is 5.82 Å². The average molecular weight is 660 g/mol. The highest BCUT2D eigenvalue weighted by molar-refractivity contribution is 7.80. The van der Waals surface area contributed by atoms with Crippen LogP contribution in [-0.4, -0.2) is 81.7 Å². The molecule has 0 radical (unpaired) electrons. The van der Waals surface area contributed by atoms with Crippen LogP contribution < -0.4 is 15.1 Å². The Morgan fingerprint density at radius 3 is 2.14 bits per heavy atom. The van der Waals surface area contributed by atoms with Gasteiger partial charge in [-0.1, -0.05) is 12.1 Å². The van der Waals surface area contributed by atoms with Gasteiger partial charge in [0.05, 0.1) is 11.2 Å². The van der Waals surface area contributed by atoms with E-state index in [1.165, 1.54) is 36.5 Å². The van der Waals surface area contributed by atoms with Gasteiger partial charge in [-0.25, -0.2) is 9.18 Å². The van der Waals surface area contributed by atoms with Crippen LogP contribution in [0.15, 0.2) is 47.4 Å². The van der Waals surface area contributed by atoms with Crippen molar-refractivity contribution in [1.82, 2.24) is 9.47 Å². The summed E-state index contributed by atoms with van der Waals surface area (Å²) in [5.41, 5.74) is -0.547. The molecule has 14 nitrogen and oxygen atoms in total. The molecule has 1 fully saturated rings. The summed E-state index contributed by atoms with van der Waals surface area (Å²) >= 11 is 5.38. The Kier molecular flexibility index (Phi) is 9.17. The number of fused-ring (bicyclic) bond motifs is 1. The van der Waals surface area contributed by atoms with E-state index in [2.05, 4.69) is 0 Å². The third-order valence-electron chi connectivity index (χ3n) is 7.10. The lowest BCUT2D eigenvalue weighted by Gasteiger charge is -2.37. The quantitative estimate of drug-likeness (QED) is 0.151. The lowest BCUT2D eigenvalue weighted by molar-refractivity contribution is 0.0694.